The van der Waals surface area contributed by atoms with Gasteiger partial charge in [0.15, 0.2) is 9.84 Å². The van der Waals surface area contributed by atoms with Crippen LogP contribution in [0.5, 0.6) is 0 Å². The van der Waals surface area contributed by atoms with Crippen molar-refractivity contribution < 1.29 is 17.6 Å². The summed E-state index contributed by atoms with van der Waals surface area (Å²) in [7, 11) is -3.05. The summed E-state index contributed by atoms with van der Waals surface area (Å²) in [5, 5.41) is 9.22. The van der Waals surface area contributed by atoms with Gasteiger partial charge in [0.05, 0.1) is 30.0 Å². The molecule has 2 aliphatic rings. The molecule has 1 amide bonds. The Morgan fingerprint density at radius 2 is 2.07 bits per heavy atom. The van der Waals surface area contributed by atoms with Crippen LogP contribution in [-0.2, 0) is 14.6 Å². The second kappa shape index (κ2) is 7.42. The largest absolute Gasteiger partial charge is 0.467 e. The van der Waals surface area contributed by atoms with Crippen molar-refractivity contribution in [3.8, 4) is 0 Å². The lowest BCUT2D eigenvalue weighted by Crippen LogP contribution is -2.48. The fraction of sp³-hybridized carbons (Fsp3) is 0.429. The molecule has 2 unspecified atom stereocenters. The van der Waals surface area contributed by atoms with Crippen molar-refractivity contribution >= 4 is 21.5 Å². The molecule has 1 fully saturated rings. The monoisotopic (exact) mass is 415 g/mol. The number of nitrogens with zero attached hydrogens (tertiary/aromatic N) is 2. The van der Waals surface area contributed by atoms with Gasteiger partial charge in [-0.2, -0.15) is 5.10 Å². The van der Waals surface area contributed by atoms with Crippen LogP contribution in [0.25, 0.3) is 0 Å². The molecule has 0 aliphatic carbocycles. The van der Waals surface area contributed by atoms with Crippen LogP contribution in [0, 0.1) is 6.92 Å². The zero-order chi connectivity index (χ0) is 20.6. The molecule has 0 bridgehead atoms. The molecular formula is C21H25N3O4S. The first-order chi connectivity index (χ1) is 13.7. The molecule has 0 saturated carbocycles. The van der Waals surface area contributed by atoms with E-state index in [4.69, 9.17) is 4.42 Å². The lowest BCUT2D eigenvalue weighted by molar-refractivity contribution is -0.132. The maximum atomic E-state index is 13.0. The first-order valence-corrected chi connectivity index (χ1v) is 11.5. The molecule has 1 aromatic heterocycles. The van der Waals surface area contributed by atoms with Crippen LogP contribution >= 0.6 is 0 Å². The van der Waals surface area contributed by atoms with E-state index in [2.05, 4.69) is 10.4 Å². The van der Waals surface area contributed by atoms with E-state index in [9.17, 15) is 13.2 Å². The fourth-order valence-electron chi connectivity index (χ4n) is 3.88. The Labute approximate surface area is 170 Å². The number of carbonyl (C=O) groups is 1. The molecule has 2 aliphatic heterocycles. The summed E-state index contributed by atoms with van der Waals surface area (Å²) in [5.74, 6) is 0.671. The van der Waals surface area contributed by atoms with Gasteiger partial charge in [0, 0.05) is 12.0 Å². The number of sulfone groups is 1. The van der Waals surface area contributed by atoms with Gasteiger partial charge in [0.25, 0.3) is 5.91 Å². The molecule has 3 heterocycles. The van der Waals surface area contributed by atoms with E-state index in [0.717, 1.165) is 16.8 Å². The van der Waals surface area contributed by atoms with Gasteiger partial charge in [0.1, 0.15) is 11.8 Å². The Hall–Kier alpha value is -2.45. The Bertz CT molecular complexity index is 1030. The zero-order valence-electron chi connectivity index (χ0n) is 16.6. The second-order valence-corrected chi connectivity index (χ2v) is 10.3. The number of hydrazone groups is 1. The summed E-state index contributed by atoms with van der Waals surface area (Å²) < 4.78 is 29.2. The second-order valence-electron chi connectivity index (χ2n) is 8.14. The van der Waals surface area contributed by atoms with E-state index in [1.807, 2.05) is 44.2 Å². The van der Waals surface area contributed by atoms with Crippen molar-refractivity contribution in [2.45, 2.75) is 38.3 Å². The summed E-state index contributed by atoms with van der Waals surface area (Å²) in [6.07, 6.45) is 2.65. The minimum absolute atomic E-state index is 0.0217. The number of aryl methyl sites for hydroxylation is 1. The molecule has 1 aromatic carbocycles. The maximum absolute atomic E-state index is 13.0. The molecule has 154 valence electrons. The first kappa shape index (κ1) is 19.8. The predicted octanol–water partition coefficient (Wildman–Crippen LogP) is 2.43. The van der Waals surface area contributed by atoms with Crippen LogP contribution in [0.2, 0.25) is 0 Å². The third-order valence-electron chi connectivity index (χ3n) is 5.59. The van der Waals surface area contributed by atoms with Crippen LogP contribution in [0.3, 0.4) is 0 Å². The smallest absolute Gasteiger partial charge is 0.257 e. The van der Waals surface area contributed by atoms with Crippen LogP contribution in [0.4, 0.5) is 0 Å². The van der Waals surface area contributed by atoms with E-state index in [1.54, 1.807) is 12.3 Å². The van der Waals surface area contributed by atoms with Gasteiger partial charge in [-0.1, -0.05) is 29.8 Å². The quantitative estimate of drug-likeness (QED) is 0.810. The standard InChI is InChI=1S/C21H25N3O4S/c1-15-5-7-16(8-6-15)17-12-18(19-4-3-10-28-19)24(23-17)20(25)13-22-21(2)9-11-29(26,27)14-21/h3-8,10,18,22H,9,11-14H2,1-2H3. The molecule has 2 aromatic rings. The molecule has 2 atom stereocenters. The molecule has 7 nitrogen and oxygen atoms in total. The Kier molecular flexibility index (Phi) is 5.08. The van der Waals surface area contributed by atoms with Crippen LogP contribution in [0.1, 0.15) is 42.7 Å². The van der Waals surface area contributed by atoms with Gasteiger partial charge in [-0.05, 0) is 38.0 Å². The summed E-state index contributed by atoms with van der Waals surface area (Å²) >= 11 is 0. The van der Waals surface area contributed by atoms with Crippen molar-refractivity contribution in [2.24, 2.45) is 5.10 Å². The summed E-state index contributed by atoms with van der Waals surface area (Å²) in [5.41, 5.74) is 2.38. The van der Waals surface area contributed by atoms with Crippen molar-refractivity contribution in [3.05, 3.63) is 59.5 Å². The fourth-order valence-corrected chi connectivity index (χ4v) is 6.01. The Morgan fingerprint density at radius 1 is 1.31 bits per heavy atom. The predicted molar refractivity (Wildman–Crippen MR) is 110 cm³/mol. The number of amides is 1. The van der Waals surface area contributed by atoms with Crippen LogP contribution in [-0.4, -0.2) is 48.6 Å². The molecule has 0 radical (unpaired) electrons. The van der Waals surface area contributed by atoms with E-state index >= 15 is 0 Å². The molecule has 4 rings (SSSR count). The van der Waals surface area contributed by atoms with Gasteiger partial charge < -0.3 is 9.73 Å². The Balaban J connectivity index is 1.53. The van der Waals surface area contributed by atoms with Gasteiger partial charge in [0.2, 0.25) is 0 Å². The van der Waals surface area contributed by atoms with Crippen LogP contribution < -0.4 is 5.32 Å². The Morgan fingerprint density at radius 3 is 2.69 bits per heavy atom. The highest BCUT2D eigenvalue weighted by atomic mass is 32.2. The van der Waals surface area contributed by atoms with Crippen molar-refractivity contribution in [1.82, 2.24) is 10.3 Å². The first-order valence-electron chi connectivity index (χ1n) is 9.70. The number of carbonyl (C=O) groups excluding carboxylic acids is 1. The van der Waals surface area contributed by atoms with Crippen LogP contribution in [0.15, 0.2) is 52.2 Å². The van der Waals surface area contributed by atoms with Crippen molar-refractivity contribution in [3.63, 3.8) is 0 Å². The van der Waals surface area contributed by atoms with E-state index in [1.165, 1.54) is 5.01 Å². The topological polar surface area (TPSA) is 92.0 Å². The van der Waals surface area contributed by atoms with Gasteiger partial charge in [-0.15, -0.1) is 0 Å². The minimum Gasteiger partial charge on any atom is -0.467 e. The highest BCUT2D eigenvalue weighted by molar-refractivity contribution is 7.91. The molecule has 0 spiro atoms. The van der Waals surface area contributed by atoms with Crippen molar-refractivity contribution in [1.29, 1.82) is 0 Å². The highest BCUT2D eigenvalue weighted by Crippen LogP contribution is 2.33. The average molecular weight is 416 g/mol. The minimum atomic E-state index is -3.05. The molecule has 29 heavy (non-hydrogen) atoms. The molecule has 8 heteroatoms. The lowest BCUT2D eigenvalue weighted by atomic mass is 10.0. The lowest BCUT2D eigenvalue weighted by Gasteiger charge is -2.26. The third kappa shape index (κ3) is 4.28. The number of benzene rings is 1. The molecule has 1 saturated heterocycles. The number of furan rings is 1. The molecule has 1 N–H and O–H groups in total. The third-order valence-corrected chi connectivity index (χ3v) is 7.50. The summed E-state index contributed by atoms with van der Waals surface area (Å²) in [6, 6.07) is 11.4. The number of nitrogens with one attached hydrogen (secondary N) is 1. The SMILES string of the molecule is Cc1ccc(C2=NN(C(=O)CNC3(C)CCS(=O)(=O)C3)C(c3ccco3)C2)cc1. The van der Waals surface area contributed by atoms with Gasteiger partial charge in [-0.25, -0.2) is 13.4 Å². The summed E-state index contributed by atoms with van der Waals surface area (Å²) in [6.45, 7) is 3.89. The average Bonchev–Trinajstić information content (AvgIpc) is 3.39. The van der Waals surface area contributed by atoms with E-state index in [0.29, 0.717) is 18.6 Å². The van der Waals surface area contributed by atoms with E-state index < -0.39 is 15.4 Å². The van der Waals surface area contributed by atoms with E-state index in [-0.39, 0.29) is 30.0 Å². The number of hydrogen-bond acceptors (Lipinski definition) is 6. The zero-order valence-corrected chi connectivity index (χ0v) is 17.4. The van der Waals surface area contributed by atoms with Gasteiger partial charge in [-0.3, -0.25) is 4.79 Å². The van der Waals surface area contributed by atoms with Crippen molar-refractivity contribution in [2.75, 3.05) is 18.1 Å². The number of hydrogen-bond donors (Lipinski definition) is 1. The maximum Gasteiger partial charge on any atom is 0.257 e. The summed E-state index contributed by atoms with van der Waals surface area (Å²) in [4.78, 5) is 13.0. The normalized spacial score (nSPS) is 25.9. The van der Waals surface area contributed by atoms with Gasteiger partial charge >= 0.3 is 0 Å². The molecular weight excluding hydrogens is 390 g/mol. The highest BCUT2D eigenvalue weighted by Gasteiger charge is 2.40. The number of rotatable bonds is 5.